The summed E-state index contributed by atoms with van der Waals surface area (Å²) in [6.07, 6.45) is 1.22. The van der Waals surface area contributed by atoms with E-state index in [0.29, 0.717) is 13.1 Å². The fourth-order valence-electron chi connectivity index (χ4n) is 2.45. The standard InChI is InChI=1S/C17H19FN4O3/c1-4-21(8-11(2)7-19)16(23)9-22-10-20-14-6-13(18)15(25-3)5-12(14)17(22)24/h5-6,10-11H,4,8-9H2,1-3H3. The van der Waals surface area contributed by atoms with E-state index in [9.17, 15) is 14.0 Å². The lowest BCUT2D eigenvalue weighted by atomic mass is 10.2. The molecule has 1 aromatic heterocycles. The van der Waals surface area contributed by atoms with E-state index in [1.807, 2.05) is 0 Å². The first-order chi connectivity index (χ1) is 11.9. The highest BCUT2D eigenvalue weighted by Gasteiger charge is 2.17. The molecule has 1 heterocycles. The third-order valence-corrected chi connectivity index (χ3v) is 3.85. The molecule has 8 heteroatoms. The van der Waals surface area contributed by atoms with E-state index in [0.717, 1.165) is 6.07 Å². The van der Waals surface area contributed by atoms with Crippen molar-refractivity contribution in [2.24, 2.45) is 5.92 Å². The number of nitriles is 1. The molecule has 2 rings (SSSR count). The summed E-state index contributed by atoms with van der Waals surface area (Å²) in [6.45, 7) is 4.05. The molecule has 1 atom stereocenters. The predicted octanol–water partition coefficient (Wildman–Crippen LogP) is 1.55. The lowest BCUT2D eigenvalue weighted by Crippen LogP contribution is -2.38. The molecule has 7 nitrogen and oxygen atoms in total. The topological polar surface area (TPSA) is 88.2 Å². The van der Waals surface area contributed by atoms with E-state index in [1.54, 1.807) is 13.8 Å². The van der Waals surface area contributed by atoms with E-state index >= 15 is 0 Å². The number of nitrogens with zero attached hydrogens (tertiary/aromatic N) is 4. The van der Waals surface area contributed by atoms with Gasteiger partial charge in [0.1, 0.15) is 6.54 Å². The Morgan fingerprint density at radius 2 is 2.24 bits per heavy atom. The Hall–Kier alpha value is -2.95. The maximum Gasteiger partial charge on any atom is 0.261 e. The minimum Gasteiger partial charge on any atom is -0.494 e. The van der Waals surface area contributed by atoms with E-state index in [1.165, 1.54) is 29.0 Å². The summed E-state index contributed by atoms with van der Waals surface area (Å²) in [5, 5.41) is 9.06. The van der Waals surface area contributed by atoms with Gasteiger partial charge in [0.2, 0.25) is 5.91 Å². The summed E-state index contributed by atoms with van der Waals surface area (Å²) < 4.78 is 19.8. The zero-order valence-electron chi connectivity index (χ0n) is 14.3. The number of benzene rings is 1. The number of rotatable bonds is 6. The van der Waals surface area contributed by atoms with Crippen molar-refractivity contribution in [2.75, 3.05) is 20.2 Å². The van der Waals surface area contributed by atoms with Gasteiger partial charge in [-0.05, 0) is 19.9 Å². The monoisotopic (exact) mass is 346 g/mol. The van der Waals surface area contributed by atoms with Crippen molar-refractivity contribution in [1.82, 2.24) is 14.5 Å². The second-order valence-electron chi connectivity index (χ2n) is 5.64. The molecule has 0 aliphatic carbocycles. The third-order valence-electron chi connectivity index (χ3n) is 3.85. The molecule has 25 heavy (non-hydrogen) atoms. The van der Waals surface area contributed by atoms with E-state index in [-0.39, 0.29) is 35.0 Å². The molecule has 2 aromatic rings. The van der Waals surface area contributed by atoms with Crippen LogP contribution >= 0.6 is 0 Å². The Labute approximate surface area is 144 Å². The number of fused-ring (bicyclic) bond motifs is 1. The average Bonchev–Trinajstić information content (AvgIpc) is 2.61. The van der Waals surface area contributed by atoms with Crippen LogP contribution in [-0.4, -0.2) is 40.6 Å². The maximum absolute atomic E-state index is 13.7. The molecule has 0 aliphatic heterocycles. The second-order valence-corrected chi connectivity index (χ2v) is 5.64. The molecular weight excluding hydrogens is 327 g/mol. The Morgan fingerprint density at radius 1 is 1.52 bits per heavy atom. The minimum atomic E-state index is -0.613. The lowest BCUT2D eigenvalue weighted by Gasteiger charge is -2.22. The molecule has 0 N–H and O–H groups in total. The van der Waals surface area contributed by atoms with Crippen molar-refractivity contribution in [3.8, 4) is 11.8 Å². The van der Waals surface area contributed by atoms with Gasteiger partial charge in [-0.3, -0.25) is 14.2 Å². The number of halogens is 1. The summed E-state index contributed by atoms with van der Waals surface area (Å²) >= 11 is 0. The van der Waals surface area contributed by atoms with Crippen LogP contribution in [0.25, 0.3) is 10.9 Å². The number of likely N-dealkylation sites (N-methyl/N-ethyl adjacent to an activating group) is 1. The number of carbonyl (C=O) groups is 1. The van der Waals surface area contributed by atoms with Gasteiger partial charge in [-0.15, -0.1) is 0 Å². The number of hydrogen-bond donors (Lipinski definition) is 0. The molecule has 0 radical (unpaired) electrons. The average molecular weight is 346 g/mol. The van der Waals surface area contributed by atoms with E-state index in [2.05, 4.69) is 11.1 Å². The molecule has 132 valence electrons. The largest absolute Gasteiger partial charge is 0.494 e. The van der Waals surface area contributed by atoms with Gasteiger partial charge in [-0.1, -0.05) is 0 Å². The SMILES string of the molecule is CCN(CC(C)C#N)C(=O)Cn1cnc2cc(F)c(OC)cc2c1=O. The summed E-state index contributed by atoms with van der Waals surface area (Å²) in [5.41, 5.74) is -0.265. The Morgan fingerprint density at radius 3 is 2.84 bits per heavy atom. The fraction of sp³-hybridized carbons (Fsp3) is 0.412. The minimum absolute atomic E-state index is 0.0616. The first-order valence-electron chi connectivity index (χ1n) is 7.81. The quantitative estimate of drug-likeness (QED) is 0.792. The van der Waals surface area contributed by atoms with Crippen LogP contribution in [0.5, 0.6) is 5.75 Å². The van der Waals surface area contributed by atoms with E-state index < -0.39 is 11.4 Å². The van der Waals surface area contributed by atoms with Gasteiger partial charge in [0.05, 0.1) is 36.3 Å². The van der Waals surface area contributed by atoms with Crippen LogP contribution in [-0.2, 0) is 11.3 Å². The van der Waals surface area contributed by atoms with Crippen molar-refractivity contribution in [3.05, 3.63) is 34.6 Å². The molecule has 0 fully saturated rings. The smallest absolute Gasteiger partial charge is 0.261 e. The van der Waals surface area contributed by atoms with Gasteiger partial charge >= 0.3 is 0 Å². The number of amides is 1. The van der Waals surface area contributed by atoms with Gasteiger partial charge in [-0.2, -0.15) is 5.26 Å². The van der Waals surface area contributed by atoms with Crippen LogP contribution in [0.4, 0.5) is 4.39 Å². The van der Waals surface area contributed by atoms with Crippen LogP contribution in [0.15, 0.2) is 23.3 Å². The van der Waals surface area contributed by atoms with Crippen LogP contribution in [0.3, 0.4) is 0 Å². The molecule has 0 saturated heterocycles. The first-order valence-corrected chi connectivity index (χ1v) is 7.81. The summed E-state index contributed by atoms with van der Waals surface area (Å²) in [4.78, 5) is 30.5. The molecule has 0 bridgehead atoms. The van der Waals surface area contributed by atoms with Crippen LogP contribution in [0, 0.1) is 23.1 Å². The summed E-state index contributed by atoms with van der Waals surface area (Å²) in [6, 6.07) is 4.47. The number of hydrogen-bond acceptors (Lipinski definition) is 5. The first kappa shape index (κ1) is 18.4. The molecule has 0 spiro atoms. The zero-order valence-corrected chi connectivity index (χ0v) is 14.3. The summed E-state index contributed by atoms with van der Waals surface area (Å²) in [7, 11) is 1.30. The highest BCUT2D eigenvalue weighted by atomic mass is 19.1. The normalized spacial score (nSPS) is 11.8. The molecule has 0 aliphatic rings. The molecule has 0 saturated carbocycles. The number of ether oxygens (including phenoxy) is 1. The van der Waals surface area contributed by atoms with Gasteiger partial charge < -0.3 is 9.64 Å². The van der Waals surface area contributed by atoms with Crippen molar-refractivity contribution >= 4 is 16.8 Å². The number of carbonyl (C=O) groups excluding carboxylic acids is 1. The van der Waals surface area contributed by atoms with Crippen LogP contribution in [0.1, 0.15) is 13.8 Å². The molecular formula is C17H19FN4O3. The second kappa shape index (κ2) is 7.75. The van der Waals surface area contributed by atoms with Gasteiger partial charge in [0.15, 0.2) is 11.6 Å². The fourth-order valence-corrected chi connectivity index (χ4v) is 2.45. The highest BCUT2D eigenvalue weighted by molar-refractivity contribution is 5.80. The molecule has 1 aromatic carbocycles. The lowest BCUT2D eigenvalue weighted by molar-refractivity contribution is -0.132. The van der Waals surface area contributed by atoms with Crippen LogP contribution in [0.2, 0.25) is 0 Å². The van der Waals surface area contributed by atoms with Crippen LogP contribution < -0.4 is 10.3 Å². The van der Waals surface area contributed by atoms with Crippen molar-refractivity contribution < 1.29 is 13.9 Å². The van der Waals surface area contributed by atoms with Gasteiger partial charge in [-0.25, -0.2) is 9.37 Å². The van der Waals surface area contributed by atoms with Gasteiger partial charge in [0.25, 0.3) is 5.56 Å². The Balaban J connectivity index is 2.34. The Kier molecular flexibility index (Phi) is 5.70. The third kappa shape index (κ3) is 3.94. The van der Waals surface area contributed by atoms with Crippen molar-refractivity contribution in [1.29, 1.82) is 5.26 Å². The predicted molar refractivity (Wildman–Crippen MR) is 89.5 cm³/mol. The molecule has 1 amide bonds. The Bertz CT molecular complexity index is 888. The highest BCUT2D eigenvalue weighted by Crippen LogP contribution is 2.21. The molecule has 1 unspecified atom stereocenters. The summed E-state index contributed by atoms with van der Waals surface area (Å²) in [5.74, 6) is -1.27. The van der Waals surface area contributed by atoms with Crippen molar-refractivity contribution in [3.63, 3.8) is 0 Å². The van der Waals surface area contributed by atoms with Gasteiger partial charge in [0, 0.05) is 19.2 Å². The number of aromatic nitrogens is 2. The number of methoxy groups -OCH3 is 1. The van der Waals surface area contributed by atoms with E-state index in [4.69, 9.17) is 10.00 Å². The maximum atomic E-state index is 13.7. The zero-order chi connectivity index (χ0) is 18.6. The van der Waals surface area contributed by atoms with Crippen molar-refractivity contribution in [2.45, 2.75) is 20.4 Å².